The predicted octanol–water partition coefficient (Wildman–Crippen LogP) is 2.69. The van der Waals surface area contributed by atoms with Crippen molar-refractivity contribution in [1.29, 1.82) is 5.41 Å². The number of pyridine rings is 1. The first kappa shape index (κ1) is 14.1. The number of benzene rings is 1. The Hall–Kier alpha value is -2.36. The molecule has 2 rings (SSSR count). The van der Waals surface area contributed by atoms with Crippen molar-refractivity contribution in [3.8, 4) is 5.75 Å². The van der Waals surface area contributed by atoms with E-state index in [1.54, 1.807) is 12.4 Å². The second-order valence-corrected chi connectivity index (χ2v) is 4.72. The number of ether oxygens (including phenoxy) is 1. The number of amidine groups is 1. The lowest BCUT2D eigenvalue weighted by atomic mass is 10.1. The lowest BCUT2D eigenvalue weighted by Crippen LogP contribution is -2.14. The maximum atomic E-state index is 7.58. The van der Waals surface area contributed by atoms with Gasteiger partial charge in [0.25, 0.3) is 0 Å². The zero-order valence-electron chi connectivity index (χ0n) is 11.6. The van der Waals surface area contributed by atoms with Gasteiger partial charge in [-0.05, 0) is 49.6 Å². The van der Waals surface area contributed by atoms with E-state index in [1.165, 1.54) is 5.56 Å². The molecule has 4 nitrogen and oxygen atoms in total. The third kappa shape index (κ3) is 3.82. The summed E-state index contributed by atoms with van der Waals surface area (Å²) >= 11 is 0. The molecule has 20 heavy (non-hydrogen) atoms. The monoisotopic (exact) mass is 269 g/mol. The van der Waals surface area contributed by atoms with Gasteiger partial charge in [-0.25, -0.2) is 0 Å². The van der Waals surface area contributed by atoms with Crippen molar-refractivity contribution in [2.45, 2.75) is 19.8 Å². The van der Waals surface area contributed by atoms with Crippen molar-refractivity contribution in [1.82, 2.24) is 4.98 Å². The molecular weight excluding hydrogens is 250 g/mol. The summed E-state index contributed by atoms with van der Waals surface area (Å²) in [5, 5.41) is 7.58. The summed E-state index contributed by atoms with van der Waals surface area (Å²) < 4.78 is 5.74. The standard InChI is InChI=1S/C16H19N3O/c1-12-4-5-15(14(11-12)16(17)18)20-10-2-3-13-6-8-19-9-7-13/h4-9,11H,2-3,10H2,1H3,(H3,17,18). The number of nitrogen functional groups attached to an aromatic ring is 1. The largest absolute Gasteiger partial charge is 0.493 e. The van der Waals surface area contributed by atoms with Crippen LogP contribution in [0.3, 0.4) is 0 Å². The summed E-state index contributed by atoms with van der Waals surface area (Å²) in [6.45, 7) is 2.57. The average molecular weight is 269 g/mol. The van der Waals surface area contributed by atoms with Gasteiger partial charge < -0.3 is 10.5 Å². The number of hydrogen-bond acceptors (Lipinski definition) is 3. The van der Waals surface area contributed by atoms with Crippen LogP contribution in [0.2, 0.25) is 0 Å². The van der Waals surface area contributed by atoms with Crippen LogP contribution >= 0.6 is 0 Å². The number of nitrogens with zero attached hydrogens (tertiary/aromatic N) is 1. The molecule has 0 radical (unpaired) electrons. The molecule has 3 N–H and O–H groups in total. The molecule has 104 valence electrons. The Morgan fingerprint density at radius 2 is 2.00 bits per heavy atom. The average Bonchev–Trinajstić information content (AvgIpc) is 2.45. The molecule has 1 heterocycles. The summed E-state index contributed by atoms with van der Waals surface area (Å²) in [7, 11) is 0. The van der Waals surface area contributed by atoms with Crippen LogP contribution in [0.5, 0.6) is 5.75 Å². The Kier molecular flexibility index (Phi) is 4.71. The molecule has 0 aliphatic carbocycles. The Labute approximate surface area is 119 Å². The van der Waals surface area contributed by atoms with E-state index in [2.05, 4.69) is 4.98 Å². The van der Waals surface area contributed by atoms with Crippen molar-refractivity contribution in [3.63, 3.8) is 0 Å². The maximum Gasteiger partial charge on any atom is 0.130 e. The molecule has 0 aliphatic rings. The van der Waals surface area contributed by atoms with E-state index in [-0.39, 0.29) is 5.84 Å². The molecule has 0 fully saturated rings. The minimum absolute atomic E-state index is 0.0397. The molecule has 0 spiro atoms. The highest BCUT2D eigenvalue weighted by Gasteiger charge is 2.06. The predicted molar refractivity (Wildman–Crippen MR) is 80.2 cm³/mol. The number of aromatic nitrogens is 1. The number of hydrogen-bond donors (Lipinski definition) is 2. The molecule has 0 bridgehead atoms. The van der Waals surface area contributed by atoms with E-state index in [0.717, 1.165) is 18.4 Å². The van der Waals surface area contributed by atoms with Crippen LogP contribution in [0.4, 0.5) is 0 Å². The maximum absolute atomic E-state index is 7.58. The summed E-state index contributed by atoms with van der Waals surface area (Å²) in [6.07, 6.45) is 5.45. The number of rotatable bonds is 6. The van der Waals surface area contributed by atoms with Crippen molar-refractivity contribution < 1.29 is 4.74 Å². The summed E-state index contributed by atoms with van der Waals surface area (Å²) in [4.78, 5) is 3.99. The molecule has 0 saturated carbocycles. The van der Waals surface area contributed by atoms with Gasteiger partial charge in [-0.2, -0.15) is 0 Å². The summed E-state index contributed by atoms with van der Waals surface area (Å²) in [5.41, 5.74) is 8.55. The Morgan fingerprint density at radius 3 is 2.70 bits per heavy atom. The first-order valence-electron chi connectivity index (χ1n) is 6.63. The van der Waals surface area contributed by atoms with Crippen LogP contribution < -0.4 is 10.5 Å². The van der Waals surface area contributed by atoms with Crippen LogP contribution in [-0.4, -0.2) is 17.4 Å². The molecule has 0 atom stereocenters. The van der Waals surface area contributed by atoms with E-state index < -0.39 is 0 Å². The first-order valence-corrected chi connectivity index (χ1v) is 6.63. The first-order chi connectivity index (χ1) is 9.66. The molecule has 2 aromatic rings. The lowest BCUT2D eigenvalue weighted by molar-refractivity contribution is 0.310. The minimum Gasteiger partial charge on any atom is -0.493 e. The second-order valence-electron chi connectivity index (χ2n) is 4.72. The Morgan fingerprint density at radius 1 is 1.25 bits per heavy atom. The lowest BCUT2D eigenvalue weighted by Gasteiger charge is -2.11. The summed E-state index contributed by atoms with van der Waals surface area (Å²) in [6, 6.07) is 9.73. The van der Waals surface area contributed by atoms with Crippen LogP contribution in [-0.2, 0) is 6.42 Å². The van der Waals surface area contributed by atoms with Gasteiger partial charge in [0.05, 0.1) is 12.2 Å². The molecule has 0 saturated heterocycles. The van der Waals surface area contributed by atoms with Crippen LogP contribution in [0.15, 0.2) is 42.7 Å². The van der Waals surface area contributed by atoms with E-state index in [4.69, 9.17) is 15.9 Å². The fourth-order valence-corrected chi connectivity index (χ4v) is 1.99. The van der Waals surface area contributed by atoms with Gasteiger partial charge in [0.1, 0.15) is 11.6 Å². The van der Waals surface area contributed by atoms with E-state index in [9.17, 15) is 0 Å². The van der Waals surface area contributed by atoms with Crippen molar-refractivity contribution in [2.24, 2.45) is 5.73 Å². The fourth-order valence-electron chi connectivity index (χ4n) is 1.99. The number of nitrogens with one attached hydrogen (secondary N) is 1. The van der Waals surface area contributed by atoms with Gasteiger partial charge in [-0.15, -0.1) is 0 Å². The minimum atomic E-state index is 0.0397. The number of nitrogens with two attached hydrogens (primary N) is 1. The van der Waals surface area contributed by atoms with Gasteiger partial charge in [-0.3, -0.25) is 10.4 Å². The molecule has 0 aliphatic heterocycles. The van der Waals surface area contributed by atoms with Gasteiger partial charge in [-0.1, -0.05) is 11.6 Å². The van der Waals surface area contributed by atoms with Gasteiger partial charge in [0.15, 0.2) is 0 Å². The highest BCUT2D eigenvalue weighted by Crippen LogP contribution is 2.19. The van der Waals surface area contributed by atoms with Gasteiger partial charge in [0.2, 0.25) is 0 Å². The van der Waals surface area contributed by atoms with Crippen LogP contribution in [0, 0.1) is 12.3 Å². The molecule has 1 aromatic carbocycles. The topological polar surface area (TPSA) is 72.0 Å². The summed E-state index contributed by atoms with van der Waals surface area (Å²) in [5.74, 6) is 0.718. The zero-order valence-corrected chi connectivity index (χ0v) is 11.6. The normalized spacial score (nSPS) is 10.2. The van der Waals surface area contributed by atoms with Crippen LogP contribution in [0.1, 0.15) is 23.1 Å². The van der Waals surface area contributed by atoms with E-state index in [0.29, 0.717) is 17.9 Å². The third-order valence-corrected chi connectivity index (χ3v) is 3.04. The fraction of sp³-hybridized carbons (Fsp3) is 0.250. The zero-order chi connectivity index (χ0) is 14.4. The van der Waals surface area contributed by atoms with Gasteiger partial charge >= 0.3 is 0 Å². The second kappa shape index (κ2) is 6.70. The van der Waals surface area contributed by atoms with Crippen molar-refractivity contribution >= 4 is 5.84 Å². The molecule has 4 heteroatoms. The van der Waals surface area contributed by atoms with Crippen molar-refractivity contribution in [3.05, 3.63) is 59.4 Å². The molecule has 1 aromatic heterocycles. The third-order valence-electron chi connectivity index (χ3n) is 3.04. The SMILES string of the molecule is Cc1ccc(OCCCc2ccncc2)c(C(=N)N)c1. The van der Waals surface area contributed by atoms with E-state index in [1.807, 2.05) is 37.3 Å². The smallest absolute Gasteiger partial charge is 0.130 e. The molecule has 0 amide bonds. The molecule has 0 unspecified atom stereocenters. The Balaban J connectivity index is 1.90. The highest BCUT2D eigenvalue weighted by molar-refractivity contribution is 5.97. The van der Waals surface area contributed by atoms with Crippen molar-refractivity contribution in [2.75, 3.05) is 6.61 Å². The molecular formula is C16H19N3O. The highest BCUT2D eigenvalue weighted by atomic mass is 16.5. The Bertz CT molecular complexity index is 582. The van der Waals surface area contributed by atoms with E-state index >= 15 is 0 Å². The van der Waals surface area contributed by atoms with Crippen LogP contribution in [0.25, 0.3) is 0 Å². The van der Waals surface area contributed by atoms with Gasteiger partial charge in [0, 0.05) is 12.4 Å². The quantitative estimate of drug-likeness (QED) is 0.481. The number of aryl methyl sites for hydroxylation is 2.